The van der Waals surface area contributed by atoms with Crippen molar-refractivity contribution in [3.8, 4) is 0 Å². The highest BCUT2D eigenvalue weighted by Gasteiger charge is 2.43. The van der Waals surface area contributed by atoms with Crippen LogP contribution in [0.5, 0.6) is 0 Å². The molecular formula is C26H39N3O2. The number of fused-ring (bicyclic) bond motifs is 2. The van der Waals surface area contributed by atoms with Gasteiger partial charge in [-0.15, -0.1) is 0 Å². The summed E-state index contributed by atoms with van der Waals surface area (Å²) in [6.07, 6.45) is 8.45. The Labute approximate surface area is 188 Å². The highest BCUT2D eigenvalue weighted by molar-refractivity contribution is 6.21. The van der Waals surface area contributed by atoms with Crippen molar-refractivity contribution in [2.75, 3.05) is 26.2 Å². The van der Waals surface area contributed by atoms with E-state index in [9.17, 15) is 9.59 Å². The summed E-state index contributed by atoms with van der Waals surface area (Å²) in [4.78, 5) is 29.4. The van der Waals surface area contributed by atoms with Gasteiger partial charge in [-0.2, -0.15) is 0 Å². The van der Waals surface area contributed by atoms with Crippen LogP contribution < -0.4 is 5.32 Å². The van der Waals surface area contributed by atoms with Gasteiger partial charge in [0.2, 0.25) is 5.91 Å². The van der Waals surface area contributed by atoms with Crippen molar-refractivity contribution in [3.05, 3.63) is 41.5 Å². The van der Waals surface area contributed by atoms with E-state index in [1.165, 1.54) is 5.56 Å². The van der Waals surface area contributed by atoms with E-state index in [0.29, 0.717) is 6.04 Å². The Hall–Kier alpha value is -2.14. The smallest absolute Gasteiger partial charge is 0.251 e. The van der Waals surface area contributed by atoms with Crippen LogP contribution in [0.2, 0.25) is 0 Å². The number of amides is 2. The zero-order chi connectivity index (χ0) is 22.0. The Morgan fingerprint density at radius 2 is 1.74 bits per heavy atom. The molecule has 1 aromatic carbocycles. The molecule has 1 N–H and O–H groups in total. The molecule has 31 heavy (non-hydrogen) atoms. The van der Waals surface area contributed by atoms with Crippen LogP contribution >= 0.6 is 0 Å². The van der Waals surface area contributed by atoms with Crippen molar-refractivity contribution in [1.29, 1.82) is 0 Å². The van der Waals surface area contributed by atoms with Gasteiger partial charge in [0.05, 0.1) is 0 Å². The minimum atomic E-state index is -0.0201. The van der Waals surface area contributed by atoms with Gasteiger partial charge < -0.3 is 15.1 Å². The van der Waals surface area contributed by atoms with E-state index in [2.05, 4.69) is 48.3 Å². The number of nitrogens with zero attached hydrogens (tertiary/aromatic N) is 2. The molecule has 2 amide bonds. The minimum absolute atomic E-state index is 0. The SMILES string of the molecule is CCC(CC)NC(=O)C1=CC2(CCN(C3CCN(C(C)=O)CC3)CC2)c2ccccc21.[HH]. The molecule has 0 saturated carbocycles. The van der Waals surface area contributed by atoms with E-state index in [-0.39, 0.29) is 24.7 Å². The Morgan fingerprint density at radius 3 is 2.35 bits per heavy atom. The second-order valence-corrected chi connectivity index (χ2v) is 9.52. The third kappa shape index (κ3) is 4.30. The molecule has 0 radical (unpaired) electrons. The molecule has 2 saturated heterocycles. The molecule has 170 valence electrons. The van der Waals surface area contributed by atoms with E-state index in [4.69, 9.17) is 0 Å². The fraction of sp³-hybridized carbons (Fsp3) is 0.615. The summed E-state index contributed by atoms with van der Waals surface area (Å²) in [5.41, 5.74) is 3.30. The van der Waals surface area contributed by atoms with Crippen molar-refractivity contribution >= 4 is 17.4 Å². The topological polar surface area (TPSA) is 52.7 Å². The van der Waals surface area contributed by atoms with Gasteiger partial charge in [-0.25, -0.2) is 0 Å². The highest BCUT2D eigenvalue weighted by atomic mass is 16.2. The van der Waals surface area contributed by atoms with Crippen LogP contribution in [-0.4, -0.2) is 59.9 Å². The largest absolute Gasteiger partial charge is 0.349 e. The predicted molar refractivity (Wildman–Crippen MR) is 127 cm³/mol. The number of hydrogen-bond donors (Lipinski definition) is 1. The molecule has 0 aromatic heterocycles. The number of nitrogens with one attached hydrogen (secondary N) is 1. The Balaban J connectivity index is 0.00000289. The van der Waals surface area contributed by atoms with Gasteiger partial charge in [-0.1, -0.05) is 44.2 Å². The number of carbonyl (C=O) groups excluding carboxylic acids is 2. The average Bonchev–Trinajstić information content (AvgIpc) is 3.12. The molecule has 0 bridgehead atoms. The van der Waals surface area contributed by atoms with Crippen LogP contribution in [0.3, 0.4) is 0 Å². The summed E-state index contributed by atoms with van der Waals surface area (Å²) in [7, 11) is 0. The molecule has 0 unspecified atom stereocenters. The molecule has 3 aliphatic rings. The summed E-state index contributed by atoms with van der Waals surface area (Å²) < 4.78 is 0. The minimum Gasteiger partial charge on any atom is -0.349 e. The van der Waals surface area contributed by atoms with Gasteiger partial charge in [0.15, 0.2) is 0 Å². The summed E-state index contributed by atoms with van der Waals surface area (Å²) >= 11 is 0. The zero-order valence-electron chi connectivity index (χ0n) is 19.3. The lowest BCUT2D eigenvalue weighted by Crippen LogP contribution is -2.50. The molecule has 5 heteroatoms. The maximum atomic E-state index is 13.1. The second kappa shape index (κ2) is 9.15. The molecule has 1 aliphatic carbocycles. The van der Waals surface area contributed by atoms with Crippen LogP contribution in [0, 0.1) is 0 Å². The summed E-state index contributed by atoms with van der Waals surface area (Å²) in [5, 5.41) is 3.25. The fourth-order valence-electron chi connectivity index (χ4n) is 5.78. The van der Waals surface area contributed by atoms with Gasteiger partial charge in [-0.05, 0) is 62.7 Å². The lowest BCUT2D eigenvalue weighted by molar-refractivity contribution is -0.130. The third-order valence-corrected chi connectivity index (χ3v) is 7.86. The number of carbonyl (C=O) groups is 2. The normalized spacial score (nSPS) is 21.3. The lowest BCUT2D eigenvalue weighted by atomic mass is 9.74. The third-order valence-electron chi connectivity index (χ3n) is 7.86. The van der Waals surface area contributed by atoms with Crippen LogP contribution in [0.4, 0.5) is 0 Å². The molecule has 2 fully saturated rings. The number of likely N-dealkylation sites (tertiary alicyclic amines) is 2. The van der Waals surface area contributed by atoms with E-state index >= 15 is 0 Å². The molecule has 5 nitrogen and oxygen atoms in total. The number of hydrogen-bond acceptors (Lipinski definition) is 3. The summed E-state index contributed by atoms with van der Waals surface area (Å²) in [6.45, 7) is 9.79. The van der Waals surface area contributed by atoms with E-state index in [0.717, 1.165) is 75.8 Å². The predicted octanol–water partition coefficient (Wildman–Crippen LogP) is 3.98. The Morgan fingerprint density at radius 1 is 1.10 bits per heavy atom. The fourth-order valence-corrected chi connectivity index (χ4v) is 5.78. The Kier molecular flexibility index (Phi) is 6.52. The molecular weight excluding hydrogens is 386 g/mol. The van der Waals surface area contributed by atoms with Gasteiger partial charge >= 0.3 is 0 Å². The maximum absolute atomic E-state index is 13.1. The van der Waals surface area contributed by atoms with Crippen molar-refractivity contribution in [3.63, 3.8) is 0 Å². The number of piperidine rings is 2. The van der Waals surface area contributed by atoms with Crippen LogP contribution in [0.1, 0.15) is 71.8 Å². The van der Waals surface area contributed by atoms with Crippen LogP contribution in [0.15, 0.2) is 30.3 Å². The summed E-state index contributed by atoms with van der Waals surface area (Å²) in [6, 6.07) is 9.32. The molecule has 2 aliphatic heterocycles. The van der Waals surface area contributed by atoms with Crippen molar-refractivity contribution in [2.45, 2.75) is 76.8 Å². The van der Waals surface area contributed by atoms with E-state index < -0.39 is 0 Å². The van der Waals surface area contributed by atoms with Crippen LogP contribution in [0.25, 0.3) is 5.57 Å². The number of rotatable bonds is 5. The molecule has 2 heterocycles. The number of allylic oxidation sites excluding steroid dienone is 1. The first-order valence-corrected chi connectivity index (χ1v) is 12.1. The van der Waals surface area contributed by atoms with Gasteiger partial charge in [-0.3, -0.25) is 9.59 Å². The second-order valence-electron chi connectivity index (χ2n) is 9.52. The number of benzene rings is 1. The molecule has 1 aromatic rings. The molecule has 4 rings (SSSR count). The lowest BCUT2D eigenvalue weighted by Gasteiger charge is -2.45. The molecule has 1 spiro atoms. The quantitative estimate of drug-likeness (QED) is 0.776. The zero-order valence-corrected chi connectivity index (χ0v) is 19.3. The van der Waals surface area contributed by atoms with Gasteiger partial charge in [0, 0.05) is 44.5 Å². The van der Waals surface area contributed by atoms with Crippen molar-refractivity contribution in [1.82, 2.24) is 15.1 Å². The van der Waals surface area contributed by atoms with Gasteiger partial charge in [0.1, 0.15) is 0 Å². The van der Waals surface area contributed by atoms with Gasteiger partial charge in [0.25, 0.3) is 5.91 Å². The first-order chi connectivity index (χ1) is 15.0. The Bertz CT molecular complexity index is 848. The first kappa shape index (κ1) is 22.1. The highest BCUT2D eigenvalue weighted by Crippen LogP contribution is 2.47. The van der Waals surface area contributed by atoms with Crippen LogP contribution in [-0.2, 0) is 15.0 Å². The standard InChI is InChI=1S/C26H37N3O2.H2/c1-4-20(5-2)27-25(31)23-18-26(24-9-7-6-8-22(23)24)12-16-29(17-13-26)21-10-14-28(15-11-21)19(3)30;/h6-9,18,20-21H,4-5,10-17H2,1-3H3,(H,27,31);1H. The van der Waals surface area contributed by atoms with E-state index in [1.54, 1.807) is 6.92 Å². The monoisotopic (exact) mass is 425 g/mol. The van der Waals surface area contributed by atoms with E-state index in [1.807, 2.05) is 11.0 Å². The first-order valence-electron chi connectivity index (χ1n) is 12.1. The van der Waals surface area contributed by atoms with Crippen molar-refractivity contribution in [2.24, 2.45) is 0 Å². The van der Waals surface area contributed by atoms with Crippen molar-refractivity contribution < 1.29 is 11.0 Å². The molecule has 0 atom stereocenters. The maximum Gasteiger partial charge on any atom is 0.251 e. The summed E-state index contributed by atoms with van der Waals surface area (Å²) in [5.74, 6) is 0.278. The average molecular weight is 426 g/mol.